The van der Waals surface area contributed by atoms with Crippen LogP contribution in [0.15, 0.2) is 48.8 Å². The fourth-order valence-electron chi connectivity index (χ4n) is 3.63. The summed E-state index contributed by atoms with van der Waals surface area (Å²) in [6.45, 7) is 2.23. The zero-order valence-corrected chi connectivity index (χ0v) is 12.8. The molecule has 3 nitrogen and oxygen atoms in total. The average molecular weight is 291 g/mol. The third kappa shape index (κ3) is 2.32. The van der Waals surface area contributed by atoms with Crippen molar-refractivity contribution in [1.82, 2.24) is 15.3 Å². The van der Waals surface area contributed by atoms with Crippen LogP contribution < -0.4 is 5.32 Å². The van der Waals surface area contributed by atoms with Crippen LogP contribution in [0.2, 0.25) is 0 Å². The van der Waals surface area contributed by atoms with E-state index in [-0.39, 0.29) is 0 Å². The summed E-state index contributed by atoms with van der Waals surface area (Å²) in [4.78, 5) is 7.75. The zero-order chi connectivity index (χ0) is 14.9. The average Bonchev–Trinajstić information content (AvgIpc) is 2.95. The van der Waals surface area contributed by atoms with E-state index in [2.05, 4.69) is 58.6 Å². The molecule has 2 aromatic heterocycles. The number of aromatic nitrogens is 2. The number of hydrogen-bond acceptors (Lipinski definition) is 2. The van der Waals surface area contributed by atoms with Gasteiger partial charge in [0, 0.05) is 41.1 Å². The summed E-state index contributed by atoms with van der Waals surface area (Å²) in [5.41, 5.74) is 5.44. The molecule has 3 aromatic rings. The molecular weight excluding hydrogens is 270 g/mol. The smallest absolute Gasteiger partial charge is 0.0480 e. The third-order valence-corrected chi connectivity index (χ3v) is 4.77. The van der Waals surface area contributed by atoms with Crippen molar-refractivity contribution in [2.45, 2.75) is 38.3 Å². The van der Waals surface area contributed by atoms with Gasteiger partial charge in [0.15, 0.2) is 0 Å². The van der Waals surface area contributed by atoms with Gasteiger partial charge in [0.05, 0.1) is 0 Å². The molecule has 1 aliphatic carbocycles. The Morgan fingerprint density at radius 2 is 2.00 bits per heavy atom. The van der Waals surface area contributed by atoms with E-state index in [4.69, 9.17) is 0 Å². The van der Waals surface area contributed by atoms with E-state index in [1.165, 1.54) is 47.0 Å². The lowest BCUT2D eigenvalue weighted by molar-refractivity contribution is 0.410. The first kappa shape index (κ1) is 13.5. The van der Waals surface area contributed by atoms with Crippen LogP contribution in [0.25, 0.3) is 10.9 Å². The minimum Gasteiger partial charge on any atom is -0.357 e. The Morgan fingerprint density at radius 3 is 2.86 bits per heavy atom. The summed E-state index contributed by atoms with van der Waals surface area (Å²) >= 11 is 0. The van der Waals surface area contributed by atoms with Crippen molar-refractivity contribution in [2.24, 2.45) is 0 Å². The lowest BCUT2D eigenvalue weighted by Crippen LogP contribution is -2.27. The van der Waals surface area contributed by atoms with Crippen LogP contribution in [0.3, 0.4) is 0 Å². The molecule has 22 heavy (non-hydrogen) atoms. The number of hydrogen-bond donors (Lipinski definition) is 2. The van der Waals surface area contributed by atoms with E-state index in [0.29, 0.717) is 12.1 Å². The highest BCUT2D eigenvalue weighted by molar-refractivity contribution is 5.85. The molecule has 2 atom stereocenters. The van der Waals surface area contributed by atoms with Gasteiger partial charge < -0.3 is 10.3 Å². The molecule has 0 amide bonds. The molecule has 0 radical (unpaired) electrons. The number of fused-ring (bicyclic) bond motifs is 3. The Morgan fingerprint density at radius 1 is 1.18 bits per heavy atom. The number of benzene rings is 1. The summed E-state index contributed by atoms with van der Waals surface area (Å²) < 4.78 is 0. The van der Waals surface area contributed by atoms with Gasteiger partial charge in [-0.1, -0.05) is 18.2 Å². The molecule has 0 bridgehead atoms. The minimum atomic E-state index is 0.324. The van der Waals surface area contributed by atoms with Crippen molar-refractivity contribution in [3.05, 3.63) is 65.6 Å². The van der Waals surface area contributed by atoms with E-state index in [9.17, 15) is 0 Å². The molecule has 112 valence electrons. The third-order valence-electron chi connectivity index (χ3n) is 4.77. The van der Waals surface area contributed by atoms with E-state index in [0.717, 1.165) is 0 Å². The number of para-hydroxylation sites is 1. The molecule has 2 N–H and O–H groups in total. The molecule has 0 saturated heterocycles. The molecule has 0 spiro atoms. The summed E-state index contributed by atoms with van der Waals surface area (Å²) in [7, 11) is 0. The number of nitrogens with one attached hydrogen (secondary N) is 2. The van der Waals surface area contributed by atoms with Crippen molar-refractivity contribution < 1.29 is 0 Å². The number of aromatic amines is 1. The molecule has 3 heteroatoms. The van der Waals surface area contributed by atoms with Gasteiger partial charge in [0.25, 0.3) is 0 Å². The maximum atomic E-state index is 4.11. The van der Waals surface area contributed by atoms with Gasteiger partial charge in [-0.05, 0) is 55.5 Å². The van der Waals surface area contributed by atoms with Crippen LogP contribution in [-0.4, -0.2) is 9.97 Å². The largest absolute Gasteiger partial charge is 0.357 e. The lowest BCUT2D eigenvalue weighted by Gasteiger charge is -2.27. The second-order valence-corrected chi connectivity index (χ2v) is 6.18. The summed E-state index contributed by atoms with van der Waals surface area (Å²) in [5.74, 6) is 0. The van der Waals surface area contributed by atoms with Crippen LogP contribution in [0.1, 0.15) is 48.7 Å². The molecule has 1 aliphatic rings. The van der Waals surface area contributed by atoms with Gasteiger partial charge in [0.1, 0.15) is 0 Å². The highest BCUT2D eigenvalue weighted by Gasteiger charge is 2.25. The fourth-order valence-corrected chi connectivity index (χ4v) is 3.63. The van der Waals surface area contributed by atoms with Crippen molar-refractivity contribution >= 4 is 10.9 Å². The molecule has 0 fully saturated rings. The predicted octanol–water partition coefficient (Wildman–Crippen LogP) is 4.29. The van der Waals surface area contributed by atoms with Crippen LogP contribution >= 0.6 is 0 Å². The van der Waals surface area contributed by atoms with Gasteiger partial charge >= 0.3 is 0 Å². The first-order chi connectivity index (χ1) is 10.8. The number of rotatable bonds is 3. The van der Waals surface area contributed by atoms with Crippen molar-refractivity contribution in [1.29, 1.82) is 0 Å². The summed E-state index contributed by atoms with van der Waals surface area (Å²) in [6.07, 6.45) is 7.34. The Labute approximate surface area is 130 Å². The maximum absolute atomic E-state index is 4.11. The Kier molecular flexibility index (Phi) is 3.43. The predicted molar refractivity (Wildman–Crippen MR) is 89.8 cm³/mol. The number of nitrogens with zero attached hydrogens (tertiary/aromatic N) is 1. The van der Waals surface area contributed by atoms with E-state index >= 15 is 0 Å². The van der Waals surface area contributed by atoms with E-state index in [1.807, 2.05) is 12.4 Å². The van der Waals surface area contributed by atoms with E-state index in [1.54, 1.807) is 0 Å². The Balaban J connectivity index is 1.65. The van der Waals surface area contributed by atoms with Crippen LogP contribution in [0.4, 0.5) is 0 Å². The van der Waals surface area contributed by atoms with Gasteiger partial charge in [-0.2, -0.15) is 0 Å². The number of H-pyrrole nitrogens is 1. The Bertz CT molecular complexity index is 776. The topological polar surface area (TPSA) is 40.7 Å². The highest BCUT2D eigenvalue weighted by Crippen LogP contribution is 2.35. The number of aryl methyl sites for hydroxylation is 1. The standard InChI is InChI=1S/C19H21N3/c1-13(14-9-11-20-12-10-14)21-18-8-4-6-16-15-5-2-3-7-17(15)22-19(16)18/h2-3,5,7,9-13,18,21-22H,4,6,8H2,1H3. The van der Waals surface area contributed by atoms with Crippen LogP contribution in [0, 0.1) is 0 Å². The monoisotopic (exact) mass is 291 g/mol. The second kappa shape index (κ2) is 5.58. The van der Waals surface area contributed by atoms with Crippen LogP contribution in [-0.2, 0) is 6.42 Å². The van der Waals surface area contributed by atoms with Gasteiger partial charge in [-0.15, -0.1) is 0 Å². The maximum Gasteiger partial charge on any atom is 0.0480 e. The van der Waals surface area contributed by atoms with Crippen molar-refractivity contribution in [2.75, 3.05) is 0 Å². The molecule has 2 unspecified atom stereocenters. The molecule has 0 saturated carbocycles. The van der Waals surface area contributed by atoms with Crippen molar-refractivity contribution in [3.63, 3.8) is 0 Å². The van der Waals surface area contributed by atoms with Crippen molar-refractivity contribution in [3.8, 4) is 0 Å². The molecular formula is C19H21N3. The number of pyridine rings is 1. The second-order valence-electron chi connectivity index (χ2n) is 6.18. The van der Waals surface area contributed by atoms with Gasteiger partial charge in [-0.25, -0.2) is 0 Å². The zero-order valence-electron chi connectivity index (χ0n) is 12.8. The van der Waals surface area contributed by atoms with Gasteiger partial charge in [-0.3, -0.25) is 4.98 Å². The molecule has 0 aliphatic heterocycles. The quantitative estimate of drug-likeness (QED) is 0.755. The molecule has 2 heterocycles. The molecule has 4 rings (SSSR count). The highest BCUT2D eigenvalue weighted by atomic mass is 15.0. The summed E-state index contributed by atoms with van der Waals surface area (Å²) in [6, 6.07) is 13.6. The summed E-state index contributed by atoms with van der Waals surface area (Å²) in [5, 5.41) is 5.18. The fraction of sp³-hybridized carbons (Fsp3) is 0.316. The first-order valence-electron chi connectivity index (χ1n) is 8.08. The molecule has 1 aromatic carbocycles. The first-order valence-corrected chi connectivity index (χ1v) is 8.08. The SMILES string of the molecule is CC(NC1CCCc2c1[nH]c1ccccc21)c1ccncc1. The Hall–Kier alpha value is -2.13. The van der Waals surface area contributed by atoms with Crippen LogP contribution in [0.5, 0.6) is 0 Å². The lowest BCUT2D eigenvalue weighted by atomic mass is 9.91. The van der Waals surface area contributed by atoms with E-state index < -0.39 is 0 Å². The normalized spacial score (nSPS) is 19.0. The van der Waals surface area contributed by atoms with Gasteiger partial charge in [0.2, 0.25) is 0 Å². The minimum absolute atomic E-state index is 0.324.